The van der Waals surface area contributed by atoms with Gasteiger partial charge in [0.25, 0.3) is 0 Å². The summed E-state index contributed by atoms with van der Waals surface area (Å²) in [5, 5.41) is 0. The van der Waals surface area contributed by atoms with Crippen molar-refractivity contribution in [3.05, 3.63) is 0 Å². The Hall–Kier alpha value is -0.0800. The fourth-order valence-corrected chi connectivity index (χ4v) is 7.82. The quantitative estimate of drug-likeness (QED) is 0.122. The Kier molecular flexibility index (Phi) is 18.1. The van der Waals surface area contributed by atoms with E-state index in [1.807, 2.05) is 0 Å². The Morgan fingerprint density at radius 1 is 0.316 bits per heavy atom. The second-order valence-corrected chi connectivity index (χ2v) is 13.0. The average molecular weight is 537 g/mol. The summed E-state index contributed by atoms with van der Waals surface area (Å²) in [7, 11) is 0. The van der Waals surface area contributed by atoms with Crippen LogP contribution < -0.4 is 0 Å². The van der Waals surface area contributed by atoms with Crippen molar-refractivity contribution in [2.24, 2.45) is 5.41 Å². The Morgan fingerprint density at radius 2 is 0.553 bits per heavy atom. The second kappa shape index (κ2) is 19.1. The highest BCUT2D eigenvalue weighted by atomic mass is 16.7. The van der Waals surface area contributed by atoms with Gasteiger partial charge in [-0.3, -0.25) is 0 Å². The molecule has 1 saturated heterocycles. The molecular weight excluding hydrogens is 464 g/mol. The molecule has 1 aliphatic rings. The summed E-state index contributed by atoms with van der Waals surface area (Å²) in [6.07, 6.45) is 29.7. The summed E-state index contributed by atoms with van der Waals surface area (Å²) in [6, 6.07) is 0. The third-order valence-electron chi connectivity index (χ3n) is 9.98. The van der Waals surface area contributed by atoms with E-state index in [9.17, 15) is 0 Å². The molecule has 2 nitrogen and oxygen atoms in total. The molecule has 38 heavy (non-hydrogen) atoms. The van der Waals surface area contributed by atoms with E-state index in [1.165, 1.54) is 141 Å². The molecule has 0 aromatic rings. The van der Waals surface area contributed by atoms with Gasteiger partial charge in [0, 0.05) is 18.3 Å². The minimum atomic E-state index is -0.406. The van der Waals surface area contributed by atoms with Crippen molar-refractivity contribution in [3.8, 4) is 0 Å². The molecule has 0 N–H and O–H groups in total. The largest absolute Gasteiger partial charge is 0.343 e. The molecule has 0 amide bonds. The van der Waals surface area contributed by atoms with Gasteiger partial charge >= 0.3 is 0 Å². The molecule has 0 aromatic heterocycles. The van der Waals surface area contributed by atoms with Crippen LogP contribution >= 0.6 is 0 Å². The molecule has 0 atom stereocenters. The fraction of sp³-hybridized carbons (Fsp3) is 1.00. The molecule has 0 unspecified atom stereocenters. The van der Waals surface area contributed by atoms with Crippen LogP contribution in [0, 0.1) is 5.41 Å². The SMILES string of the molecule is CCCCC1(CCCC)OC(CCCC)(CCCC)C(CCCC)(CCCC)C(CCCC)(CCCC)O1. The Bertz CT molecular complexity index is 502. The molecule has 1 rings (SSSR count). The normalized spacial score (nSPS) is 19.6. The molecule has 1 aliphatic heterocycles. The van der Waals surface area contributed by atoms with Gasteiger partial charge in [-0.05, 0) is 51.4 Å². The number of ether oxygens (including phenoxy) is 2. The standard InChI is InChI=1S/C36H72O2/c1-9-17-25-33(26-18-10-2)34(27-19-11-3,28-20-12-4)37-36(31-23-15-7,32-24-16-8)38-35(33,29-21-13-5)30-22-14-6/h9-32H2,1-8H3. The van der Waals surface area contributed by atoms with Crippen LogP contribution in [0.3, 0.4) is 0 Å². The summed E-state index contributed by atoms with van der Waals surface area (Å²) in [5.74, 6) is -0.406. The van der Waals surface area contributed by atoms with E-state index >= 15 is 0 Å². The Labute approximate surface area is 241 Å². The summed E-state index contributed by atoms with van der Waals surface area (Å²) in [4.78, 5) is 0. The minimum Gasteiger partial charge on any atom is -0.343 e. The van der Waals surface area contributed by atoms with Gasteiger partial charge in [0.05, 0.1) is 11.2 Å². The summed E-state index contributed by atoms with van der Waals surface area (Å²) < 4.78 is 15.7. The van der Waals surface area contributed by atoms with Crippen molar-refractivity contribution in [2.45, 2.75) is 226 Å². The van der Waals surface area contributed by atoms with E-state index in [0.29, 0.717) is 0 Å². The first-order chi connectivity index (χ1) is 18.4. The van der Waals surface area contributed by atoms with Crippen LogP contribution in [0.4, 0.5) is 0 Å². The molecule has 0 bridgehead atoms. The monoisotopic (exact) mass is 537 g/mol. The van der Waals surface area contributed by atoms with Gasteiger partial charge in [-0.25, -0.2) is 0 Å². The molecule has 1 heterocycles. The van der Waals surface area contributed by atoms with E-state index in [2.05, 4.69) is 55.4 Å². The van der Waals surface area contributed by atoms with Crippen molar-refractivity contribution >= 4 is 0 Å². The third-order valence-corrected chi connectivity index (χ3v) is 9.98. The van der Waals surface area contributed by atoms with Crippen molar-refractivity contribution in [1.29, 1.82) is 0 Å². The highest BCUT2D eigenvalue weighted by Gasteiger charge is 2.68. The van der Waals surface area contributed by atoms with Gasteiger partial charge in [-0.1, -0.05) is 145 Å². The number of unbranched alkanes of at least 4 members (excludes halogenated alkanes) is 8. The zero-order valence-electron chi connectivity index (χ0n) is 27.8. The molecule has 1 fully saturated rings. The predicted molar refractivity (Wildman–Crippen MR) is 169 cm³/mol. The number of rotatable bonds is 24. The maximum absolute atomic E-state index is 7.87. The minimum absolute atomic E-state index is 0.0649. The first-order valence-electron chi connectivity index (χ1n) is 17.8. The van der Waals surface area contributed by atoms with E-state index in [0.717, 1.165) is 12.8 Å². The highest BCUT2D eigenvalue weighted by Crippen LogP contribution is 2.65. The first kappa shape index (κ1) is 35.9. The summed E-state index contributed by atoms with van der Waals surface area (Å²) >= 11 is 0. The number of hydrogen-bond acceptors (Lipinski definition) is 2. The van der Waals surface area contributed by atoms with Gasteiger partial charge < -0.3 is 9.47 Å². The van der Waals surface area contributed by atoms with Crippen molar-refractivity contribution < 1.29 is 9.47 Å². The van der Waals surface area contributed by atoms with E-state index < -0.39 is 5.79 Å². The van der Waals surface area contributed by atoms with Crippen LogP contribution in [0.2, 0.25) is 0 Å². The molecule has 0 saturated carbocycles. The van der Waals surface area contributed by atoms with Crippen LogP contribution in [0.5, 0.6) is 0 Å². The molecular formula is C36H72O2. The molecule has 0 radical (unpaired) electrons. The molecule has 2 heteroatoms. The van der Waals surface area contributed by atoms with E-state index in [4.69, 9.17) is 9.47 Å². The van der Waals surface area contributed by atoms with Gasteiger partial charge in [0.2, 0.25) is 0 Å². The lowest BCUT2D eigenvalue weighted by atomic mass is 9.51. The maximum Gasteiger partial charge on any atom is 0.169 e. The van der Waals surface area contributed by atoms with E-state index in [1.54, 1.807) is 0 Å². The molecule has 228 valence electrons. The highest BCUT2D eigenvalue weighted by molar-refractivity contribution is 5.15. The average Bonchev–Trinajstić information content (AvgIpc) is 2.94. The number of hydrogen-bond donors (Lipinski definition) is 0. The second-order valence-electron chi connectivity index (χ2n) is 13.0. The zero-order valence-corrected chi connectivity index (χ0v) is 27.8. The first-order valence-corrected chi connectivity index (χ1v) is 17.8. The van der Waals surface area contributed by atoms with E-state index in [-0.39, 0.29) is 16.6 Å². The lowest BCUT2D eigenvalue weighted by molar-refractivity contribution is -0.443. The van der Waals surface area contributed by atoms with Gasteiger partial charge in [0.1, 0.15) is 0 Å². The lowest BCUT2D eigenvalue weighted by Crippen LogP contribution is -2.73. The zero-order chi connectivity index (χ0) is 28.4. The Morgan fingerprint density at radius 3 is 0.816 bits per heavy atom. The van der Waals surface area contributed by atoms with Crippen molar-refractivity contribution in [2.75, 3.05) is 0 Å². The summed E-state index contributed by atoms with van der Waals surface area (Å²) in [5.41, 5.74) is -0.0161. The summed E-state index contributed by atoms with van der Waals surface area (Å²) in [6.45, 7) is 19.0. The van der Waals surface area contributed by atoms with Crippen LogP contribution in [0.15, 0.2) is 0 Å². The van der Waals surface area contributed by atoms with Crippen molar-refractivity contribution in [1.82, 2.24) is 0 Å². The van der Waals surface area contributed by atoms with Crippen LogP contribution in [0.25, 0.3) is 0 Å². The molecule has 0 aromatic carbocycles. The molecule has 0 aliphatic carbocycles. The fourth-order valence-electron chi connectivity index (χ4n) is 7.82. The lowest BCUT2D eigenvalue weighted by Gasteiger charge is -2.69. The third kappa shape index (κ3) is 8.96. The Balaban J connectivity index is 4.06. The van der Waals surface area contributed by atoms with Crippen LogP contribution in [0.1, 0.15) is 209 Å². The topological polar surface area (TPSA) is 18.5 Å². The van der Waals surface area contributed by atoms with Gasteiger partial charge in [-0.2, -0.15) is 0 Å². The van der Waals surface area contributed by atoms with Crippen molar-refractivity contribution in [3.63, 3.8) is 0 Å². The maximum atomic E-state index is 7.87. The van der Waals surface area contributed by atoms with Gasteiger partial charge in [0.15, 0.2) is 5.79 Å². The van der Waals surface area contributed by atoms with Gasteiger partial charge in [-0.15, -0.1) is 0 Å². The van der Waals surface area contributed by atoms with Crippen LogP contribution in [-0.2, 0) is 9.47 Å². The smallest absolute Gasteiger partial charge is 0.169 e. The van der Waals surface area contributed by atoms with Crippen LogP contribution in [-0.4, -0.2) is 17.0 Å². The molecule has 0 spiro atoms. The predicted octanol–water partition coefficient (Wildman–Crippen LogP) is 12.7.